The van der Waals surface area contributed by atoms with Crippen molar-refractivity contribution in [3.05, 3.63) is 29.3 Å². The first-order chi connectivity index (χ1) is 8.36. The molecule has 1 aliphatic carbocycles. The fraction of sp³-hybridized carbons (Fsp3) is 0.571. The van der Waals surface area contributed by atoms with Gasteiger partial charge in [-0.3, -0.25) is 0 Å². The number of hydrogen-bond donors (Lipinski definition) is 2. The highest BCUT2D eigenvalue weighted by molar-refractivity contribution is 5.58. The first-order valence-corrected chi connectivity index (χ1v) is 6.69. The first kappa shape index (κ1) is 11.1. The lowest BCUT2D eigenvalue weighted by atomic mass is 9.86. The van der Waals surface area contributed by atoms with Gasteiger partial charge < -0.3 is 16.0 Å². The molecule has 0 spiro atoms. The third-order valence-corrected chi connectivity index (χ3v) is 3.99. The smallest absolute Gasteiger partial charge is 0.0403 e. The maximum Gasteiger partial charge on any atom is 0.0403 e. The molecule has 0 saturated carbocycles. The molecule has 1 fully saturated rings. The van der Waals surface area contributed by atoms with Crippen molar-refractivity contribution in [2.75, 3.05) is 31.1 Å². The highest BCUT2D eigenvalue weighted by Crippen LogP contribution is 2.34. The van der Waals surface area contributed by atoms with Crippen molar-refractivity contribution >= 4 is 5.69 Å². The van der Waals surface area contributed by atoms with Crippen LogP contribution in [0.5, 0.6) is 0 Å². The topological polar surface area (TPSA) is 41.3 Å². The Bertz CT molecular complexity index is 396. The monoisotopic (exact) mass is 231 g/mol. The van der Waals surface area contributed by atoms with Crippen LogP contribution in [-0.2, 0) is 6.42 Å². The van der Waals surface area contributed by atoms with Crippen molar-refractivity contribution in [1.29, 1.82) is 0 Å². The number of piperazine rings is 1. The minimum atomic E-state index is 0.251. The van der Waals surface area contributed by atoms with Gasteiger partial charge in [-0.05, 0) is 36.5 Å². The van der Waals surface area contributed by atoms with Gasteiger partial charge in [0, 0.05) is 37.9 Å². The van der Waals surface area contributed by atoms with Crippen molar-refractivity contribution < 1.29 is 0 Å². The van der Waals surface area contributed by atoms with E-state index in [9.17, 15) is 0 Å². The molecule has 3 nitrogen and oxygen atoms in total. The summed E-state index contributed by atoms with van der Waals surface area (Å²) in [6.07, 6.45) is 3.57. The maximum atomic E-state index is 6.21. The number of benzene rings is 1. The summed E-state index contributed by atoms with van der Waals surface area (Å²) in [7, 11) is 0. The number of fused-ring (bicyclic) bond motifs is 1. The van der Waals surface area contributed by atoms with Crippen LogP contribution in [0.15, 0.2) is 18.2 Å². The molecule has 3 rings (SSSR count). The van der Waals surface area contributed by atoms with Crippen LogP contribution in [0.3, 0.4) is 0 Å². The summed E-state index contributed by atoms with van der Waals surface area (Å²) in [6.45, 7) is 4.42. The second-order valence-corrected chi connectivity index (χ2v) is 5.08. The third-order valence-electron chi connectivity index (χ3n) is 3.99. The van der Waals surface area contributed by atoms with Crippen LogP contribution < -0.4 is 16.0 Å². The largest absolute Gasteiger partial charge is 0.369 e. The number of rotatable bonds is 1. The average Bonchev–Trinajstić information content (AvgIpc) is 2.40. The van der Waals surface area contributed by atoms with Gasteiger partial charge in [-0.15, -0.1) is 0 Å². The standard InChI is InChI=1S/C14H21N3/c15-13-5-1-4-12-11(13)3-2-6-14(12)17-9-7-16-8-10-17/h2-3,6,13,16H,1,4-5,7-10,15H2. The number of nitrogens with one attached hydrogen (secondary N) is 1. The summed E-state index contributed by atoms with van der Waals surface area (Å²) in [5.74, 6) is 0. The van der Waals surface area contributed by atoms with Gasteiger partial charge in [0.05, 0.1) is 0 Å². The molecule has 0 bridgehead atoms. The molecular weight excluding hydrogens is 210 g/mol. The Hall–Kier alpha value is -1.06. The maximum absolute atomic E-state index is 6.21. The van der Waals surface area contributed by atoms with E-state index in [1.54, 1.807) is 0 Å². The van der Waals surface area contributed by atoms with Gasteiger partial charge >= 0.3 is 0 Å². The zero-order chi connectivity index (χ0) is 11.7. The first-order valence-electron chi connectivity index (χ1n) is 6.69. The van der Waals surface area contributed by atoms with Crippen LogP contribution >= 0.6 is 0 Å². The van der Waals surface area contributed by atoms with Crippen molar-refractivity contribution in [2.24, 2.45) is 5.73 Å². The van der Waals surface area contributed by atoms with Gasteiger partial charge in [-0.25, -0.2) is 0 Å². The zero-order valence-corrected chi connectivity index (χ0v) is 10.3. The van der Waals surface area contributed by atoms with Gasteiger partial charge in [0.2, 0.25) is 0 Å². The van der Waals surface area contributed by atoms with Crippen LogP contribution in [0.1, 0.15) is 30.0 Å². The molecule has 1 aromatic carbocycles. The highest BCUT2D eigenvalue weighted by atomic mass is 15.2. The molecule has 1 aliphatic heterocycles. The van der Waals surface area contributed by atoms with E-state index in [0.29, 0.717) is 0 Å². The van der Waals surface area contributed by atoms with Crippen LogP contribution in [0.25, 0.3) is 0 Å². The lowest BCUT2D eigenvalue weighted by molar-refractivity contribution is 0.559. The van der Waals surface area contributed by atoms with E-state index in [2.05, 4.69) is 28.4 Å². The van der Waals surface area contributed by atoms with Crippen LogP contribution in [-0.4, -0.2) is 26.2 Å². The molecule has 2 aliphatic rings. The fourth-order valence-corrected chi connectivity index (χ4v) is 3.07. The zero-order valence-electron chi connectivity index (χ0n) is 10.3. The summed E-state index contributed by atoms with van der Waals surface area (Å²) in [6, 6.07) is 6.90. The molecule has 3 N–H and O–H groups in total. The molecule has 0 radical (unpaired) electrons. The summed E-state index contributed by atoms with van der Waals surface area (Å²) in [5.41, 5.74) is 10.5. The Morgan fingerprint density at radius 1 is 1.24 bits per heavy atom. The second-order valence-electron chi connectivity index (χ2n) is 5.08. The van der Waals surface area contributed by atoms with E-state index in [0.717, 1.165) is 32.6 Å². The van der Waals surface area contributed by atoms with Crippen molar-refractivity contribution in [2.45, 2.75) is 25.3 Å². The third kappa shape index (κ3) is 2.05. The summed E-state index contributed by atoms with van der Waals surface area (Å²) in [5, 5.41) is 3.41. The van der Waals surface area contributed by atoms with E-state index in [1.807, 2.05) is 0 Å². The van der Waals surface area contributed by atoms with Crippen molar-refractivity contribution in [1.82, 2.24) is 5.32 Å². The minimum Gasteiger partial charge on any atom is -0.369 e. The van der Waals surface area contributed by atoms with Crippen molar-refractivity contribution in [3.8, 4) is 0 Å². The van der Waals surface area contributed by atoms with E-state index in [-0.39, 0.29) is 6.04 Å². The lowest BCUT2D eigenvalue weighted by Crippen LogP contribution is -2.44. The molecule has 92 valence electrons. The minimum absolute atomic E-state index is 0.251. The Morgan fingerprint density at radius 3 is 2.88 bits per heavy atom. The Kier molecular flexibility index (Phi) is 3.04. The van der Waals surface area contributed by atoms with E-state index < -0.39 is 0 Å². The lowest BCUT2D eigenvalue weighted by Gasteiger charge is -2.34. The SMILES string of the molecule is NC1CCCc2c1cccc2N1CCNCC1. The molecule has 3 heteroatoms. The second kappa shape index (κ2) is 4.67. The van der Waals surface area contributed by atoms with Crippen molar-refractivity contribution in [3.63, 3.8) is 0 Å². The van der Waals surface area contributed by atoms with Gasteiger partial charge in [0.1, 0.15) is 0 Å². The predicted octanol–water partition coefficient (Wildman–Crippen LogP) is 1.43. The average molecular weight is 231 g/mol. The molecule has 1 unspecified atom stereocenters. The van der Waals surface area contributed by atoms with Crippen LogP contribution in [0.4, 0.5) is 5.69 Å². The van der Waals surface area contributed by atoms with E-state index in [4.69, 9.17) is 5.73 Å². The predicted molar refractivity (Wildman–Crippen MR) is 71.4 cm³/mol. The van der Waals surface area contributed by atoms with Crippen LogP contribution in [0, 0.1) is 0 Å². The number of anilines is 1. The molecular formula is C14H21N3. The Morgan fingerprint density at radius 2 is 2.06 bits per heavy atom. The van der Waals surface area contributed by atoms with E-state index in [1.165, 1.54) is 29.7 Å². The number of hydrogen-bond acceptors (Lipinski definition) is 3. The number of nitrogens with zero attached hydrogens (tertiary/aromatic N) is 1. The molecule has 1 atom stereocenters. The van der Waals surface area contributed by atoms with Gasteiger partial charge in [-0.1, -0.05) is 12.1 Å². The molecule has 0 amide bonds. The van der Waals surface area contributed by atoms with Crippen LogP contribution in [0.2, 0.25) is 0 Å². The number of nitrogens with two attached hydrogens (primary N) is 1. The Balaban J connectivity index is 1.96. The quantitative estimate of drug-likeness (QED) is 0.768. The van der Waals surface area contributed by atoms with E-state index >= 15 is 0 Å². The Labute approximate surface area is 103 Å². The molecule has 17 heavy (non-hydrogen) atoms. The van der Waals surface area contributed by atoms with Gasteiger partial charge in [0.15, 0.2) is 0 Å². The fourth-order valence-electron chi connectivity index (χ4n) is 3.07. The normalized spacial score (nSPS) is 24.5. The molecule has 1 heterocycles. The highest BCUT2D eigenvalue weighted by Gasteiger charge is 2.22. The molecule has 0 aromatic heterocycles. The van der Waals surface area contributed by atoms with Gasteiger partial charge in [-0.2, -0.15) is 0 Å². The molecule has 1 aromatic rings. The summed E-state index contributed by atoms with van der Waals surface area (Å²) in [4.78, 5) is 2.51. The van der Waals surface area contributed by atoms with Gasteiger partial charge in [0.25, 0.3) is 0 Å². The summed E-state index contributed by atoms with van der Waals surface area (Å²) < 4.78 is 0. The summed E-state index contributed by atoms with van der Waals surface area (Å²) >= 11 is 0. The molecule has 1 saturated heterocycles.